The van der Waals surface area contributed by atoms with Crippen LogP contribution in [0, 0.1) is 11.8 Å². The molecule has 1 saturated heterocycles. The van der Waals surface area contributed by atoms with Gasteiger partial charge in [-0.1, -0.05) is 80.4 Å². The van der Waals surface area contributed by atoms with Crippen molar-refractivity contribution in [1.29, 1.82) is 0 Å². The summed E-state index contributed by atoms with van der Waals surface area (Å²) in [6.07, 6.45) is 22.9. The minimum absolute atomic E-state index is 0.0850. The van der Waals surface area contributed by atoms with Crippen LogP contribution in [0.25, 0.3) is 6.08 Å². The highest BCUT2D eigenvalue weighted by Gasteiger charge is 2.55. The van der Waals surface area contributed by atoms with Crippen LogP contribution in [0.5, 0.6) is 17.2 Å². The zero-order valence-corrected chi connectivity index (χ0v) is 42.6. The second-order valence-electron chi connectivity index (χ2n) is 21.2. The highest BCUT2D eigenvalue weighted by Crippen LogP contribution is 2.54. The van der Waals surface area contributed by atoms with Gasteiger partial charge in [0.25, 0.3) is 11.8 Å². The molecule has 1 aliphatic carbocycles. The van der Waals surface area contributed by atoms with Crippen LogP contribution >= 0.6 is 0 Å². The van der Waals surface area contributed by atoms with Crippen molar-refractivity contribution in [1.82, 2.24) is 10.4 Å². The van der Waals surface area contributed by atoms with Gasteiger partial charge < -0.3 is 29.5 Å². The van der Waals surface area contributed by atoms with E-state index in [0.29, 0.717) is 59.1 Å². The summed E-state index contributed by atoms with van der Waals surface area (Å²) in [5.41, 5.74) is 1.89. The van der Waals surface area contributed by atoms with Gasteiger partial charge in [0.2, 0.25) is 5.91 Å². The number of hydrogen-bond acceptors (Lipinski definition) is 11. The first-order chi connectivity index (χ1) is 32.6. The van der Waals surface area contributed by atoms with Gasteiger partial charge in [0.15, 0.2) is 11.6 Å². The fourth-order valence-corrected chi connectivity index (χ4v) is 10.3. The highest BCUT2D eigenvalue weighted by molar-refractivity contribution is 6.07. The van der Waals surface area contributed by atoms with E-state index in [1.807, 2.05) is 52.8 Å². The molecule has 4 aliphatic heterocycles. The first kappa shape index (κ1) is 53.1. The molecule has 1 fully saturated rings. The number of hydroxylamine groups is 2. The molecule has 0 radical (unpaired) electrons. The molecule has 13 nitrogen and oxygen atoms in total. The highest BCUT2D eigenvalue weighted by atomic mass is 16.7. The van der Waals surface area contributed by atoms with E-state index in [9.17, 15) is 33.9 Å². The molecule has 13 heteroatoms. The summed E-state index contributed by atoms with van der Waals surface area (Å²) in [6.45, 7) is 18.1. The molecule has 376 valence electrons. The van der Waals surface area contributed by atoms with E-state index >= 15 is 0 Å². The van der Waals surface area contributed by atoms with Crippen molar-refractivity contribution in [2.75, 3.05) is 6.54 Å². The Morgan fingerprint density at radius 2 is 1.49 bits per heavy atom. The quantitative estimate of drug-likeness (QED) is 0.0519. The number of nitrogens with zero attached hydrogens (tertiary/aromatic N) is 1. The summed E-state index contributed by atoms with van der Waals surface area (Å²) >= 11 is 0. The average Bonchev–Trinajstić information content (AvgIpc) is 3.46. The van der Waals surface area contributed by atoms with Crippen molar-refractivity contribution in [3.8, 4) is 17.2 Å². The molecule has 2 N–H and O–H groups in total. The molecule has 4 heterocycles. The van der Waals surface area contributed by atoms with E-state index in [-0.39, 0.29) is 60.9 Å². The Hall–Kier alpha value is -5.30. The predicted molar refractivity (Wildman–Crippen MR) is 264 cm³/mol. The number of amides is 3. The number of hydrogen-bond donors (Lipinski definition) is 2. The Balaban J connectivity index is 1.04. The van der Waals surface area contributed by atoms with Crippen LogP contribution in [0.3, 0.4) is 0 Å². The fourth-order valence-electron chi connectivity index (χ4n) is 10.3. The molecular weight excluding hydrogens is 877 g/mol. The third-order valence-corrected chi connectivity index (χ3v) is 14.3. The van der Waals surface area contributed by atoms with Crippen LogP contribution in [0.1, 0.15) is 193 Å². The van der Waals surface area contributed by atoms with Gasteiger partial charge in [-0.05, 0) is 125 Å². The van der Waals surface area contributed by atoms with Crippen LogP contribution in [0.4, 0.5) is 0 Å². The third-order valence-electron chi connectivity index (χ3n) is 14.3. The number of imide groups is 1. The summed E-state index contributed by atoms with van der Waals surface area (Å²) in [6, 6.07) is 0. The second-order valence-corrected chi connectivity index (χ2v) is 21.2. The van der Waals surface area contributed by atoms with E-state index in [1.165, 1.54) is 5.57 Å². The standard InChI is InChI=1S/C56H76N2O11/c1-35(2)20-19-30-55(8)31-29-39-47(62)46-48(63)41-34-38-23-25-42(50(41)66-51(46)40(49(39)67-55)24-22-36(3)4)54(6,7)69-56(9,52(38)64)32-28-37(5)53(65)57-33-18-16-14-12-10-11-13-15-17-21-45(61)68-58-43(59)26-27-44(58)60/h20,22,25,28-29,31,38,41,50,62H,10-19,21,23-24,26-27,30,32-34H2,1-9H3,(H,57,65)/b37-28-. The van der Waals surface area contributed by atoms with Crippen molar-refractivity contribution < 1.29 is 52.9 Å². The molecule has 0 spiro atoms. The number of allylic oxidation sites excluding steroid dienone is 5. The number of phenolic OH excluding ortho intramolecular Hbond substituents is 1. The number of Topliss-reactive ketones (excluding diaryl/α,β-unsaturated/α-hetero) is 2. The summed E-state index contributed by atoms with van der Waals surface area (Å²) in [5.74, 6) is -2.70. The third kappa shape index (κ3) is 12.7. The van der Waals surface area contributed by atoms with Gasteiger partial charge in [-0.2, -0.15) is 0 Å². The smallest absolute Gasteiger partial charge is 0.333 e. The number of aromatic hydroxyl groups is 1. The normalized spacial score (nSPS) is 24.7. The molecule has 1 aromatic rings. The zero-order valence-electron chi connectivity index (χ0n) is 42.6. The topological polar surface area (TPSA) is 175 Å². The van der Waals surface area contributed by atoms with Crippen molar-refractivity contribution >= 4 is 41.3 Å². The molecule has 0 aromatic heterocycles. The molecule has 5 unspecified atom stereocenters. The molecule has 1 aromatic carbocycles. The maximum atomic E-state index is 14.9. The first-order valence-electron chi connectivity index (χ1n) is 25.4. The summed E-state index contributed by atoms with van der Waals surface area (Å²) in [5, 5.41) is 15.6. The van der Waals surface area contributed by atoms with Crippen molar-refractivity contribution in [3.05, 3.63) is 69.4 Å². The molecule has 0 saturated carbocycles. The Bertz CT molecular complexity index is 2310. The van der Waals surface area contributed by atoms with E-state index in [0.717, 1.165) is 75.4 Å². The Kier molecular flexibility index (Phi) is 17.4. The monoisotopic (exact) mass is 953 g/mol. The number of carbonyl (C=O) groups is 6. The number of fused-ring (bicyclic) bond motifs is 6. The predicted octanol–water partition coefficient (Wildman–Crippen LogP) is 10.8. The lowest BCUT2D eigenvalue weighted by Gasteiger charge is -2.43. The number of carbonyl (C=O) groups excluding carboxylic acids is 6. The van der Waals surface area contributed by atoms with Crippen molar-refractivity contribution in [2.45, 2.75) is 201 Å². The van der Waals surface area contributed by atoms with Crippen molar-refractivity contribution in [3.63, 3.8) is 0 Å². The SMILES string of the molecule is CC(C)=CCCC1(C)C=Cc2c(O)c3c(c(CC=C(C)C)c2O1)OC1C2=CCC(CC1C3=O)C(=O)C(C)(C/C=C(/C)C(=O)NCCCCCCCCCCCC(=O)ON1C(=O)CCC1=O)OC2(C)C. The lowest BCUT2D eigenvalue weighted by molar-refractivity contribution is -0.197. The van der Waals surface area contributed by atoms with Gasteiger partial charge in [-0.15, -0.1) is 5.06 Å². The summed E-state index contributed by atoms with van der Waals surface area (Å²) < 4.78 is 20.7. The molecule has 5 aliphatic rings. The fraction of sp³-hybridized carbons (Fsp3) is 0.607. The van der Waals surface area contributed by atoms with Crippen LogP contribution in [0.2, 0.25) is 0 Å². The minimum atomic E-state index is -1.30. The number of ketones is 2. The van der Waals surface area contributed by atoms with Gasteiger partial charge in [0, 0.05) is 49.3 Å². The molecule has 3 amide bonds. The number of nitrogens with one attached hydrogen (secondary N) is 1. The van der Waals surface area contributed by atoms with E-state index in [1.54, 1.807) is 19.9 Å². The Morgan fingerprint density at radius 1 is 0.855 bits per heavy atom. The zero-order chi connectivity index (χ0) is 50.3. The first-order valence-corrected chi connectivity index (χ1v) is 25.4. The number of ether oxygens (including phenoxy) is 3. The van der Waals surface area contributed by atoms with E-state index < -0.39 is 52.5 Å². The molecular formula is C56H76N2O11. The average molecular weight is 953 g/mol. The minimum Gasteiger partial charge on any atom is -0.506 e. The number of phenols is 1. The lowest BCUT2D eigenvalue weighted by atomic mass is 9.76. The van der Waals surface area contributed by atoms with Gasteiger partial charge >= 0.3 is 5.97 Å². The van der Waals surface area contributed by atoms with Crippen LogP contribution in [0.15, 0.2) is 52.7 Å². The number of benzene rings is 1. The number of unbranched alkanes of at least 4 members (excludes halogenated alkanes) is 8. The van der Waals surface area contributed by atoms with Gasteiger partial charge in [-0.25, -0.2) is 4.79 Å². The van der Waals surface area contributed by atoms with Crippen molar-refractivity contribution in [2.24, 2.45) is 11.8 Å². The van der Waals surface area contributed by atoms with Gasteiger partial charge in [0.1, 0.15) is 40.1 Å². The van der Waals surface area contributed by atoms with E-state index in [4.69, 9.17) is 19.0 Å². The van der Waals surface area contributed by atoms with Gasteiger partial charge in [-0.3, -0.25) is 24.0 Å². The van der Waals surface area contributed by atoms with Crippen LogP contribution in [-0.2, 0) is 40.0 Å². The summed E-state index contributed by atoms with van der Waals surface area (Å²) in [4.78, 5) is 83.0. The maximum Gasteiger partial charge on any atom is 0.333 e. The molecule has 6 rings (SSSR count). The molecule has 2 bridgehead atoms. The largest absolute Gasteiger partial charge is 0.506 e. The molecule has 5 atom stereocenters. The van der Waals surface area contributed by atoms with E-state index in [2.05, 4.69) is 31.3 Å². The Labute approximate surface area is 409 Å². The number of rotatable bonds is 21. The second kappa shape index (κ2) is 22.6. The lowest BCUT2D eigenvalue weighted by Crippen LogP contribution is -2.50. The Morgan fingerprint density at radius 3 is 2.14 bits per heavy atom. The molecule has 69 heavy (non-hydrogen) atoms. The maximum absolute atomic E-state index is 14.9. The van der Waals surface area contributed by atoms with Gasteiger partial charge in [0.05, 0.1) is 17.1 Å². The summed E-state index contributed by atoms with van der Waals surface area (Å²) in [7, 11) is 0. The van der Waals surface area contributed by atoms with Crippen LogP contribution < -0.4 is 14.8 Å². The van der Waals surface area contributed by atoms with Crippen LogP contribution in [-0.4, -0.2) is 74.9 Å².